The van der Waals surface area contributed by atoms with Gasteiger partial charge in [0.1, 0.15) is 0 Å². The van der Waals surface area contributed by atoms with Gasteiger partial charge in [0.15, 0.2) is 0 Å². The molecule has 7 heteroatoms. The Hall–Kier alpha value is -2.93. The van der Waals surface area contributed by atoms with Gasteiger partial charge in [-0.2, -0.15) is 0 Å². The number of urea groups is 1. The molecule has 3 rings (SSSR count). The highest BCUT2D eigenvalue weighted by Crippen LogP contribution is 2.14. The van der Waals surface area contributed by atoms with Crippen LogP contribution in [0, 0.1) is 0 Å². The third-order valence-corrected chi connectivity index (χ3v) is 5.25. The maximum absolute atomic E-state index is 12.6. The average molecular weight is 396 g/mol. The van der Waals surface area contributed by atoms with E-state index in [1.165, 1.54) is 5.56 Å². The van der Waals surface area contributed by atoms with Crippen LogP contribution in [0.4, 0.5) is 10.5 Å². The first-order valence-electron chi connectivity index (χ1n) is 10.2. The van der Waals surface area contributed by atoms with Crippen molar-refractivity contribution in [2.24, 2.45) is 0 Å². The molecule has 154 valence electrons. The maximum Gasteiger partial charge on any atom is 0.321 e. The summed E-state index contributed by atoms with van der Waals surface area (Å²) in [5, 5.41) is 2.93. The number of benzene rings is 1. The molecule has 1 aliphatic rings. The molecule has 1 N–H and O–H groups in total. The molecule has 0 aliphatic carbocycles. The summed E-state index contributed by atoms with van der Waals surface area (Å²) < 4.78 is 0. The second-order valence-corrected chi connectivity index (χ2v) is 7.10. The zero-order chi connectivity index (χ0) is 20.6. The molecule has 29 heavy (non-hydrogen) atoms. The summed E-state index contributed by atoms with van der Waals surface area (Å²) in [5.41, 5.74) is 2.57. The smallest absolute Gasteiger partial charge is 0.321 e. The van der Waals surface area contributed by atoms with E-state index in [0.717, 1.165) is 19.6 Å². The number of carbonyl (C=O) groups is 2. The summed E-state index contributed by atoms with van der Waals surface area (Å²) in [6, 6.07) is 11.0. The fourth-order valence-electron chi connectivity index (χ4n) is 3.45. The average Bonchev–Trinajstić information content (AvgIpc) is 2.76. The zero-order valence-electron chi connectivity index (χ0n) is 17.2. The van der Waals surface area contributed by atoms with Gasteiger partial charge in [0.25, 0.3) is 5.91 Å². The van der Waals surface area contributed by atoms with Crippen molar-refractivity contribution < 1.29 is 9.59 Å². The maximum atomic E-state index is 12.6. The van der Waals surface area contributed by atoms with E-state index in [9.17, 15) is 9.59 Å². The van der Waals surface area contributed by atoms with E-state index in [2.05, 4.69) is 15.2 Å². The third kappa shape index (κ3) is 5.54. The fraction of sp³-hybridized carbons (Fsp3) is 0.409. The lowest BCUT2D eigenvalue weighted by atomic mass is 10.2. The van der Waals surface area contributed by atoms with Crippen molar-refractivity contribution in [1.82, 2.24) is 19.7 Å². The lowest BCUT2D eigenvalue weighted by molar-refractivity contribution is 0.0773. The Morgan fingerprint density at radius 1 is 0.966 bits per heavy atom. The number of carbonyl (C=O) groups excluding carboxylic acids is 2. The minimum absolute atomic E-state index is 0.0122. The lowest BCUT2D eigenvalue weighted by Crippen LogP contribution is -2.49. The van der Waals surface area contributed by atoms with E-state index in [1.807, 2.05) is 30.9 Å². The van der Waals surface area contributed by atoms with Crippen LogP contribution in [-0.2, 0) is 6.54 Å². The van der Waals surface area contributed by atoms with Gasteiger partial charge in [-0.15, -0.1) is 0 Å². The standard InChI is InChI=1S/C22H29N5O2/c1-3-26(4-2)21(28)19-5-7-20(8-6-19)24-22(29)27-15-13-25(14-16-27)17-18-9-11-23-12-10-18/h5-12H,3-4,13-17H2,1-2H3,(H,24,29). The summed E-state index contributed by atoms with van der Waals surface area (Å²) >= 11 is 0. The van der Waals surface area contributed by atoms with E-state index >= 15 is 0 Å². The fourth-order valence-corrected chi connectivity index (χ4v) is 3.45. The third-order valence-electron chi connectivity index (χ3n) is 5.25. The van der Waals surface area contributed by atoms with Crippen LogP contribution in [0.5, 0.6) is 0 Å². The first-order valence-corrected chi connectivity index (χ1v) is 10.2. The molecule has 0 saturated carbocycles. The largest absolute Gasteiger partial charge is 0.339 e. The van der Waals surface area contributed by atoms with Crippen molar-refractivity contribution in [3.63, 3.8) is 0 Å². The van der Waals surface area contributed by atoms with Crippen molar-refractivity contribution in [2.75, 3.05) is 44.6 Å². The zero-order valence-corrected chi connectivity index (χ0v) is 17.2. The first-order chi connectivity index (χ1) is 14.1. The number of amides is 3. The van der Waals surface area contributed by atoms with E-state index < -0.39 is 0 Å². The summed E-state index contributed by atoms with van der Waals surface area (Å²) in [4.78, 5) is 34.9. The van der Waals surface area contributed by atoms with Crippen molar-refractivity contribution in [2.45, 2.75) is 20.4 Å². The summed E-state index contributed by atoms with van der Waals surface area (Å²) in [5.74, 6) is 0.0122. The van der Waals surface area contributed by atoms with Crippen LogP contribution in [0.2, 0.25) is 0 Å². The number of pyridine rings is 1. The van der Waals surface area contributed by atoms with Crippen molar-refractivity contribution >= 4 is 17.6 Å². The molecular formula is C22H29N5O2. The summed E-state index contributed by atoms with van der Waals surface area (Å²) in [6.45, 7) is 9.23. The van der Waals surface area contributed by atoms with Gasteiger partial charge in [0, 0.05) is 69.5 Å². The van der Waals surface area contributed by atoms with Gasteiger partial charge in [-0.3, -0.25) is 14.7 Å². The summed E-state index contributed by atoms with van der Waals surface area (Å²) in [6.07, 6.45) is 3.61. The van der Waals surface area contributed by atoms with Gasteiger partial charge in [-0.1, -0.05) is 0 Å². The first kappa shape index (κ1) is 20.8. The monoisotopic (exact) mass is 395 g/mol. The van der Waals surface area contributed by atoms with Gasteiger partial charge in [0.2, 0.25) is 0 Å². The molecule has 1 aromatic carbocycles. The molecule has 1 aromatic heterocycles. The molecule has 0 bridgehead atoms. The van der Waals surface area contributed by atoms with E-state index in [1.54, 1.807) is 41.6 Å². The minimum Gasteiger partial charge on any atom is -0.339 e. The van der Waals surface area contributed by atoms with Gasteiger partial charge >= 0.3 is 6.03 Å². The molecular weight excluding hydrogens is 366 g/mol. The molecule has 1 fully saturated rings. The molecule has 0 radical (unpaired) electrons. The molecule has 1 saturated heterocycles. The Bertz CT molecular complexity index is 798. The number of hydrogen-bond donors (Lipinski definition) is 1. The Morgan fingerprint density at radius 2 is 1.59 bits per heavy atom. The van der Waals surface area contributed by atoms with Crippen LogP contribution in [0.1, 0.15) is 29.8 Å². The number of rotatable bonds is 6. The van der Waals surface area contributed by atoms with Crippen LogP contribution in [0.3, 0.4) is 0 Å². The molecule has 7 nitrogen and oxygen atoms in total. The Labute approximate surface area is 172 Å². The van der Waals surface area contributed by atoms with Crippen molar-refractivity contribution in [3.8, 4) is 0 Å². The minimum atomic E-state index is -0.101. The van der Waals surface area contributed by atoms with Crippen molar-refractivity contribution in [3.05, 3.63) is 59.9 Å². The lowest BCUT2D eigenvalue weighted by Gasteiger charge is -2.34. The van der Waals surface area contributed by atoms with Gasteiger partial charge < -0.3 is 15.1 Å². The number of nitrogens with zero attached hydrogens (tertiary/aromatic N) is 4. The predicted octanol–water partition coefficient (Wildman–Crippen LogP) is 2.91. The van der Waals surface area contributed by atoms with E-state index in [0.29, 0.717) is 37.4 Å². The van der Waals surface area contributed by atoms with Gasteiger partial charge in [-0.25, -0.2) is 4.79 Å². The molecule has 2 heterocycles. The Kier molecular flexibility index (Phi) is 7.19. The molecule has 0 unspecified atom stereocenters. The molecule has 0 spiro atoms. The topological polar surface area (TPSA) is 68.8 Å². The Morgan fingerprint density at radius 3 is 2.17 bits per heavy atom. The quantitative estimate of drug-likeness (QED) is 0.817. The van der Waals surface area contributed by atoms with Crippen LogP contribution in [0.25, 0.3) is 0 Å². The molecule has 3 amide bonds. The summed E-state index contributed by atoms with van der Waals surface area (Å²) in [7, 11) is 0. The van der Waals surface area contributed by atoms with E-state index in [-0.39, 0.29) is 11.9 Å². The highest BCUT2D eigenvalue weighted by molar-refractivity contribution is 5.95. The second-order valence-electron chi connectivity index (χ2n) is 7.10. The molecule has 0 atom stereocenters. The number of aromatic nitrogens is 1. The van der Waals surface area contributed by atoms with Crippen molar-refractivity contribution in [1.29, 1.82) is 0 Å². The van der Waals surface area contributed by atoms with Gasteiger partial charge in [-0.05, 0) is 55.8 Å². The van der Waals surface area contributed by atoms with Crippen LogP contribution in [0.15, 0.2) is 48.8 Å². The number of nitrogens with one attached hydrogen (secondary N) is 1. The highest BCUT2D eigenvalue weighted by Gasteiger charge is 2.21. The molecule has 1 aliphatic heterocycles. The SMILES string of the molecule is CCN(CC)C(=O)c1ccc(NC(=O)N2CCN(Cc3ccncc3)CC2)cc1. The second kappa shape index (κ2) is 10.0. The number of hydrogen-bond acceptors (Lipinski definition) is 4. The molecule has 2 aromatic rings. The Balaban J connectivity index is 1.49. The number of piperazine rings is 1. The normalized spacial score (nSPS) is 14.5. The van der Waals surface area contributed by atoms with Crippen LogP contribution in [-0.4, -0.2) is 70.9 Å². The van der Waals surface area contributed by atoms with Gasteiger partial charge in [0.05, 0.1) is 0 Å². The number of anilines is 1. The predicted molar refractivity (Wildman–Crippen MR) is 114 cm³/mol. The van der Waals surface area contributed by atoms with Crippen LogP contribution < -0.4 is 5.32 Å². The van der Waals surface area contributed by atoms with E-state index in [4.69, 9.17) is 0 Å². The van der Waals surface area contributed by atoms with Crippen LogP contribution >= 0.6 is 0 Å². The highest BCUT2D eigenvalue weighted by atomic mass is 16.2.